The van der Waals surface area contributed by atoms with Gasteiger partial charge in [0.15, 0.2) is 0 Å². The van der Waals surface area contributed by atoms with E-state index < -0.39 is 0 Å². The summed E-state index contributed by atoms with van der Waals surface area (Å²) in [6, 6.07) is 21.6. The predicted molar refractivity (Wildman–Crippen MR) is 135 cm³/mol. The molecule has 0 N–H and O–H groups in total. The van der Waals surface area contributed by atoms with E-state index in [1.807, 2.05) is 0 Å². The number of rotatable bonds is 8. The van der Waals surface area contributed by atoms with Gasteiger partial charge in [-0.1, -0.05) is 61.9 Å². The summed E-state index contributed by atoms with van der Waals surface area (Å²) in [4.78, 5) is 4.99. The summed E-state index contributed by atoms with van der Waals surface area (Å²) in [5, 5.41) is 0. The second-order valence-electron chi connectivity index (χ2n) is 9.15. The Balaban J connectivity index is 1.49. The standard InChI is InChI=1S/C29H34N2O/c1-20(2)24-14-12-22(4)19-28(24)32-17-9-8-16-31-27-11-7-6-10-26(27)30-29(31)25-15-13-21(3)18-23(25)5/h6-7,10-15,18-20H,8-9,16-17H2,1-5H3. The number of fused-ring (bicyclic) bond motifs is 1. The van der Waals surface area contributed by atoms with E-state index in [9.17, 15) is 0 Å². The van der Waals surface area contributed by atoms with Crippen LogP contribution in [0.1, 0.15) is 54.9 Å². The molecule has 32 heavy (non-hydrogen) atoms. The topological polar surface area (TPSA) is 27.1 Å². The number of nitrogens with zero attached hydrogens (tertiary/aromatic N) is 2. The van der Waals surface area contributed by atoms with Crippen LogP contribution in [0.15, 0.2) is 60.7 Å². The van der Waals surface area contributed by atoms with Gasteiger partial charge in [-0.2, -0.15) is 0 Å². The Morgan fingerprint density at radius 2 is 1.62 bits per heavy atom. The monoisotopic (exact) mass is 426 g/mol. The maximum Gasteiger partial charge on any atom is 0.141 e. The molecule has 4 rings (SSSR count). The third kappa shape index (κ3) is 4.72. The molecule has 0 amide bonds. The Labute approximate surface area is 192 Å². The molecule has 0 saturated carbocycles. The fourth-order valence-corrected chi connectivity index (χ4v) is 4.37. The zero-order valence-electron chi connectivity index (χ0n) is 20.0. The van der Waals surface area contributed by atoms with Crippen LogP contribution in [0.4, 0.5) is 0 Å². The molecule has 3 nitrogen and oxygen atoms in total. The summed E-state index contributed by atoms with van der Waals surface area (Å²) in [6.07, 6.45) is 2.05. The Morgan fingerprint density at radius 1 is 0.875 bits per heavy atom. The van der Waals surface area contributed by atoms with Gasteiger partial charge in [0.2, 0.25) is 0 Å². The van der Waals surface area contributed by atoms with E-state index in [1.165, 1.54) is 33.3 Å². The van der Waals surface area contributed by atoms with Crippen molar-refractivity contribution < 1.29 is 4.74 Å². The van der Waals surface area contributed by atoms with Gasteiger partial charge in [-0.25, -0.2) is 4.98 Å². The lowest BCUT2D eigenvalue weighted by atomic mass is 10.0. The molecule has 3 aromatic carbocycles. The molecule has 0 radical (unpaired) electrons. The highest BCUT2D eigenvalue weighted by Crippen LogP contribution is 2.29. The van der Waals surface area contributed by atoms with Crippen LogP contribution in [0.2, 0.25) is 0 Å². The summed E-state index contributed by atoms with van der Waals surface area (Å²) in [6.45, 7) is 12.5. The highest BCUT2D eigenvalue weighted by molar-refractivity contribution is 5.81. The molecule has 4 aromatic rings. The van der Waals surface area contributed by atoms with Crippen LogP contribution < -0.4 is 4.74 Å². The van der Waals surface area contributed by atoms with Gasteiger partial charge in [0.25, 0.3) is 0 Å². The normalized spacial score (nSPS) is 11.4. The molecule has 3 heteroatoms. The average molecular weight is 427 g/mol. The number of imidazole rings is 1. The Morgan fingerprint density at radius 3 is 2.41 bits per heavy atom. The first-order valence-corrected chi connectivity index (χ1v) is 11.7. The molecular weight excluding hydrogens is 392 g/mol. The highest BCUT2D eigenvalue weighted by Gasteiger charge is 2.14. The lowest BCUT2D eigenvalue weighted by Crippen LogP contribution is -2.06. The van der Waals surface area contributed by atoms with Gasteiger partial charge >= 0.3 is 0 Å². The number of unbranched alkanes of at least 4 members (excludes halogenated alkanes) is 1. The predicted octanol–water partition coefficient (Wildman–Crippen LogP) is 7.61. The first-order valence-electron chi connectivity index (χ1n) is 11.7. The summed E-state index contributed by atoms with van der Waals surface area (Å²) < 4.78 is 8.58. The van der Waals surface area contributed by atoms with Crippen LogP contribution >= 0.6 is 0 Å². The van der Waals surface area contributed by atoms with Gasteiger partial charge in [0, 0.05) is 12.1 Å². The van der Waals surface area contributed by atoms with Crippen molar-refractivity contribution in [2.45, 2.75) is 59.9 Å². The lowest BCUT2D eigenvalue weighted by Gasteiger charge is -2.15. The summed E-state index contributed by atoms with van der Waals surface area (Å²) in [5.41, 5.74) is 8.54. The van der Waals surface area contributed by atoms with Gasteiger partial charge in [-0.3, -0.25) is 0 Å². The number of aromatic nitrogens is 2. The van der Waals surface area contributed by atoms with Gasteiger partial charge in [0.1, 0.15) is 11.6 Å². The third-order valence-electron chi connectivity index (χ3n) is 6.10. The minimum atomic E-state index is 0.461. The largest absolute Gasteiger partial charge is 0.493 e. The second-order valence-corrected chi connectivity index (χ2v) is 9.15. The molecule has 0 aliphatic carbocycles. The van der Waals surface area contributed by atoms with Gasteiger partial charge in [-0.05, 0) is 74.4 Å². The Kier molecular flexibility index (Phi) is 6.64. The number of benzene rings is 3. The van der Waals surface area contributed by atoms with Crippen molar-refractivity contribution in [1.29, 1.82) is 0 Å². The van der Waals surface area contributed by atoms with Gasteiger partial charge in [-0.15, -0.1) is 0 Å². The van der Waals surface area contributed by atoms with E-state index >= 15 is 0 Å². The van der Waals surface area contributed by atoms with Crippen LogP contribution in [0.25, 0.3) is 22.4 Å². The Bertz CT molecular complexity index is 1220. The van der Waals surface area contributed by atoms with Crippen molar-refractivity contribution in [3.63, 3.8) is 0 Å². The minimum Gasteiger partial charge on any atom is -0.493 e. The maximum absolute atomic E-state index is 6.21. The van der Waals surface area contributed by atoms with E-state index in [0.717, 1.165) is 43.1 Å². The molecule has 1 aromatic heterocycles. The molecule has 0 unspecified atom stereocenters. The van der Waals surface area contributed by atoms with E-state index in [0.29, 0.717) is 5.92 Å². The number of para-hydroxylation sites is 2. The highest BCUT2D eigenvalue weighted by atomic mass is 16.5. The molecule has 0 atom stereocenters. The summed E-state index contributed by atoms with van der Waals surface area (Å²) in [5.74, 6) is 2.55. The number of hydrogen-bond donors (Lipinski definition) is 0. The van der Waals surface area contributed by atoms with Crippen molar-refractivity contribution in [2.75, 3.05) is 6.61 Å². The van der Waals surface area contributed by atoms with E-state index in [-0.39, 0.29) is 0 Å². The van der Waals surface area contributed by atoms with Crippen LogP contribution in [0, 0.1) is 20.8 Å². The van der Waals surface area contributed by atoms with Crippen molar-refractivity contribution in [3.8, 4) is 17.1 Å². The summed E-state index contributed by atoms with van der Waals surface area (Å²) >= 11 is 0. The van der Waals surface area contributed by atoms with Crippen LogP contribution in [-0.4, -0.2) is 16.2 Å². The SMILES string of the molecule is Cc1ccc(-c2nc3ccccc3n2CCCCOc2cc(C)ccc2C(C)C)c(C)c1. The molecule has 1 heterocycles. The third-order valence-corrected chi connectivity index (χ3v) is 6.10. The molecule has 0 fully saturated rings. The molecule has 166 valence electrons. The number of aryl methyl sites for hydroxylation is 4. The summed E-state index contributed by atoms with van der Waals surface area (Å²) in [7, 11) is 0. The Hall–Kier alpha value is -3.07. The number of ether oxygens (including phenoxy) is 1. The molecule has 0 saturated heterocycles. The van der Waals surface area contributed by atoms with Crippen LogP contribution in [-0.2, 0) is 6.54 Å². The smallest absolute Gasteiger partial charge is 0.141 e. The molecular formula is C29H34N2O. The first kappa shape index (κ1) is 22.1. The fraction of sp³-hybridized carbons (Fsp3) is 0.345. The maximum atomic E-state index is 6.21. The molecule has 0 aliphatic rings. The van der Waals surface area contributed by atoms with Crippen molar-refractivity contribution >= 4 is 11.0 Å². The molecule has 0 bridgehead atoms. The zero-order valence-corrected chi connectivity index (χ0v) is 20.0. The minimum absolute atomic E-state index is 0.461. The van der Waals surface area contributed by atoms with Gasteiger partial charge < -0.3 is 9.30 Å². The van der Waals surface area contributed by atoms with Gasteiger partial charge in [0.05, 0.1) is 17.6 Å². The molecule has 0 aliphatic heterocycles. The molecule has 0 spiro atoms. The van der Waals surface area contributed by atoms with Crippen molar-refractivity contribution in [1.82, 2.24) is 9.55 Å². The van der Waals surface area contributed by atoms with E-state index in [2.05, 4.69) is 99.8 Å². The lowest BCUT2D eigenvalue weighted by molar-refractivity contribution is 0.299. The van der Waals surface area contributed by atoms with E-state index in [1.54, 1.807) is 0 Å². The van der Waals surface area contributed by atoms with Crippen molar-refractivity contribution in [3.05, 3.63) is 82.9 Å². The quantitative estimate of drug-likeness (QED) is 0.271. The zero-order chi connectivity index (χ0) is 22.7. The first-order chi connectivity index (χ1) is 15.4. The van der Waals surface area contributed by atoms with E-state index in [4.69, 9.17) is 9.72 Å². The van der Waals surface area contributed by atoms with Crippen molar-refractivity contribution in [2.24, 2.45) is 0 Å². The second kappa shape index (κ2) is 9.60. The fourth-order valence-electron chi connectivity index (χ4n) is 4.37. The number of hydrogen-bond acceptors (Lipinski definition) is 2. The average Bonchev–Trinajstić information content (AvgIpc) is 3.11. The van der Waals surface area contributed by atoms with Crippen LogP contribution in [0.5, 0.6) is 5.75 Å². The van der Waals surface area contributed by atoms with Crippen LogP contribution in [0.3, 0.4) is 0 Å².